The Morgan fingerprint density at radius 3 is 1.65 bits per heavy atom. The van der Waals surface area contributed by atoms with Crippen LogP contribution < -0.4 is 5.32 Å². The van der Waals surface area contributed by atoms with Gasteiger partial charge >= 0.3 is 32.5 Å². The summed E-state index contributed by atoms with van der Waals surface area (Å²) in [6.07, 6.45) is 9.37. The van der Waals surface area contributed by atoms with Gasteiger partial charge in [0.1, 0.15) is 0 Å². The Hall–Kier alpha value is -1.66. The van der Waals surface area contributed by atoms with Gasteiger partial charge < -0.3 is 10.1 Å². The monoisotopic (exact) mass is 746 g/mol. The normalized spacial score (nSPS) is 18.8. The second-order valence-electron chi connectivity index (χ2n) is 13.9. The third-order valence-electron chi connectivity index (χ3n) is 8.72. The highest BCUT2D eigenvalue weighted by Crippen LogP contribution is 2.55. The first-order valence-corrected chi connectivity index (χ1v) is 19.2. The molecule has 0 aliphatic carbocycles. The van der Waals surface area contributed by atoms with E-state index < -0.39 is 72.4 Å². The van der Waals surface area contributed by atoms with Gasteiger partial charge in [-0.3, -0.25) is 14.1 Å². The molecule has 1 heterocycles. The number of alkyl halides is 6. The molecule has 1 atom stereocenters. The van der Waals surface area contributed by atoms with Crippen molar-refractivity contribution < 1.29 is 62.1 Å². The van der Waals surface area contributed by atoms with Crippen LogP contribution in [0.1, 0.15) is 125 Å². The minimum Gasteiger partial charge on any atom is -0.465 e. The predicted octanol–water partition coefficient (Wildman–Crippen LogP) is 6.90. The Morgan fingerprint density at radius 1 is 0.812 bits per heavy atom. The van der Waals surface area contributed by atoms with Crippen LogP contribution in [0.5, 0.6) is 0 Å². The largest absolute Gasteiger partial charge is 0.465 e. The summed E-state index contributed by atoms with van der Waals surface area (Å²) in [5, 5.41) is -10.6. The van der Waals surface area contributed by atoms with Crippen molar-refractivity contribution in [1.82, 2.24) is 9.62 Å². The van der Waals surface area contributed by atoms with Gasteiger partial charge in [-0.1, -0.05) is 65.2 Å². The fourth-order valence-electron chi connectivity index (χ4n) is 6.19. The second-order valence-corrected chi connectivity index (χ2v) is 17.2. The molecule has 1 rings (SSSR count). The topological polar surface area (TPSA) is 147 Å². The van der Waals surface area contributed by atoms with E-state index >= 15 is 0 Å². The SMILES string of the molecule is CCC(C)C(=O)NCCCCCCCCCCCCOC(=O)C1CC(C)(C)N(S(=O)(=O)C(F)(F)C(F)(F)C(F)(F)S(=O)(=O)O)C(C)(C)C1. The number of nitrogens with one attached hydrogen (secondary N) is 1. The molecule has 1 saturated heterocycles. The lowest BCUT2D eigenvalue weighted by atomic mass is 9.76. The number of nitrogens with zero attached hydrogens (tertiary/aromatic N) is 1. The van der Waals surface area contributed by atoms with Gasteiger partial charge in [0, 0.05) is 23.5 Å². The Kier molecular flexibility index (Phi) is 15.7. The van der Waals surface area contributed by atoms with Gasteiger partial charge in [-0.05, 0) is 59.8 Å². The number of carbonyl (C=O) groups excluding carboxylic acids is 2. The Morgan fingerprint density at radius 2 is 1.23 bits per heavy atom. The van der Waals surface area contributed by atoms with Crippen molar-refractivity contribution in [2.45, 2.75) is 153 Å². The Labute approximate surface area is 280 Å². The van der Waals surface area contributed by atoms with E-state index in [1.165, 1.54) is 0 Å². The number of hydrogen-bond acceptors (Lipinski definition) is 7. The van der Waals surface area contributed by atoms with Crippen molar-refractivity contribution in [2.24, 2.45) is 11.8 Å². The van der Waals surface area contributed by atoms with E-state index in [1.807, 2.05) is 13.8 Å². The predicted molar refractivity (Wildman–Crippen MR) is 168 cm³/mol. The summed E-state index contributed by atoms with van der Waals surface area (Å²) < 4.78 is 147. The van der Waals surface area contributed by atoms with Crippen LogP contribution in [-0.4, -0.2) is 78.2 Å². The summed E-state index contributed by atoms with van der Waals surface area (Å²) in [4.78, 5) is 24.6. The molecule has 0 spiro atoms. The molecule has 18 heteroatoms. The molecular weight excluding hydrogens is 694 g/mol. The van der Waals surface area contributed by atoms with E-state index in [9.17, 15) is 52.8 Å². The van der Waals surface area contributed by atoms with Crippen molar-refractivity contribution in [3.8, 4) is 0 Å². The molecule has 284 valence electrons. The molecule has 1 amide bonds. The number of carbonyl (C=O) groups is 2. The lowest BCUT2D eigenvalue weighted by molar-refractivity contribution is -0.248. The zero-order valence-electron chi connectivity index (χ0n) is 28.6. The summed E-state index contributed by atoms with van der Waals surface area (Å²) in [5.74, 6) is -8.76. The van der Waals surface area contributed by atoms with Crippen LogP contribution in [0.2, 0.25) is 0 Å². The van der Waals surface area contributed by atoms with Crippen molar-refractivity contribution >= 4 is 32.0 Å². The Balaban J connectivity index is 2.57. The first kappa shape index (κ1) is 44.4. The number of sulfonamides is 1. The summed E-state index contributed by atoms with van der Waals surface area (Å²) >= 11 is 0. The molecule has 0 aromatic carbocycles. The number of unbranched alkanes of at least 4 members (excludes halogenated alkanes) is 9. The average Bonchev–Trinajstić information content (AvgIpc) is 2.94. The van der Waals surface area contributed by atoms with Crippen molar-refractivity contribution in [1.29, 1.82) is 0 Å². The van der Waals surface area contributed by atoms with Crippen LogP contribution in [-0.2, 0) is 34.5 Å². The highest BCUT2D eigenvalue weighted by atomic mass is 32.2. The number of amides is 1. The number of rotatable bonds is 21. The van der Waals surface area contributed by atoms with E-state index in [0.29, 0.717) is 13.0 Å². The first-order valence-electron chi connectivity index (χ1n) is 16.3. The van der Waals surface area contributed by atoms with Gasteiger partial charge in [-0.15, -0.1) is 0 Å². The summed E-state index contributed by atoms with van der Waals surface area (Å²) in [7, 11) is -13.9. The van der Waals surface area contributed by atoms with Crippen LogP contribution in [0, 0.1) is 11.8 Å². The zero-order chi connectivity index (χ0) is 37.4. The molecule has 1 unspecified atom stereocenters. The average molecular weight is 747 g/mol. The highest BCUT2D eigenvalue weighted by Gasteiger charge is 2.83. The molecule has 1 fully saturated rings. The van der Waals surface area contributed by atoms with Gasteiger partial charge in [0.15, 0.2) is 0 Å². The quantitative estimate of drug-likeness (QED) is 0.0558. The van der Waals surface area contributed by atoms with Crippen LogP contribution in [0.15, 0.2) is 0 Å². The molecular formula is C30H52F6N2O8S2. The molecule has 2 N–H and O–H groups in total. The molecule has 10 nitrogen and oxygen atoms in total. The van der Waals surface area contributed by atoms with Crippen LogP contribution in [0.25, 0.3) is 0 Å². The number of piperidine rings is 1. The van der Waals surface area contributed by atoms with Gasteiger partial charge in [-0.25, -0.2) is 8.42 Å². The zero-order valence-corrected chi connectivity index (χ0v) is 30.2. The van der Waals surface area contributed by atoms with Gasteiger partial charge in [0.2, 0.25) is 5.91 Å². The second kappa shape index (κ2) is 17.0. The van der Waals surface area contributed by atoms with Crippen molar-refractivity contribution in [2.75, 3.05) is 13.2 Å². The maximum atomic E-state index is 14.9. The van der Waals surface area contributed by atoms with Crippen LogP contribution >= 0.6 is 0 Å². The smallest absolute Gasteiger partial charge is 0.439 e. The van der Waals surface area contributed by atoms with E-state index in [4.69, 9.17) is 9.29 Å². The third kappa shape index (κ3) is 10.4. The summed E-state index contributed by atoms with van der Waals surface area (Å²) in [6, 6.07) is 0. The lowest BCUT2D eigenvalue weighted by Gasteiger charge is -2.54. The molecule has 0 saturated carbocycles. The fraction of sp³-hybridized carbons (Fsp3) is 0.933. The highest BCUT2D eigenvalue weighted by molar-refractivity contribution is 7.90. The van der Waals surface area contributed by atoms with Gasteiger partial charge in [0.05, 0.1) is 12.5 Å². The van der Waals surface area contributed by atoms with Gasteiger partial charge in [0.25, 0.3) is 10.0 Å². The standard InChI is InChI=1S/C30H52F6N2O8S2/c1-7-22(2)24(39)37-18-16-14-12-10-8-9-11-13-15-17-19-46-25(40)23-20-26(3,4)38(27(5,6)21-23)47(41,42)29(33,34)28(31,32)30(35,36)48(43,44)45/h22-23H,7-21H2,1-6H3,(H,37,39)(H,43,44,45). The number of halogens is 6. The van der Waals surface area contributed by atoms with E-state index in [0.717, 1.165) is 91.9 Å². The lowest BCUT2D eigenvalue weighted by Crippen LogP contribution is -2.70. The number of esters is 1. The molecule has 0 aromatic heterocycles. The number of ether oxygens (including phenoxy) is 1. The van der Waals surface area contributed by atoms with E-state index in [2.05, 4.69) is 5.32 Å². The molecule has 1 aliphatic rings. The maximum absolute atomic E-state index is 14.9. The van der Waals surface area contributed by atoms with E-state index in [1.54, 1.807) is 0 Å². The van der Waals surface area contributed by atoms with Crippen molar-refractivity contribution in [3.63, 3.8) is 0 Å². The van der Waals surface area contributed by atoms with Gasteiger partial charge in [-0.2, -0.15) is 39.1 Å². The third-order valence-corrected chi connectivity index (χ3v) is 12.0. The molecule has 0 aromatic rings. The Bertz CT molecular complexity index is 1280. The number of hydrogen-bond donors (Lipinski definition) is 2. The van der Waals surface area contributed by atoms with Crippen LogP contribution in [0.4, 0.5) is 26.3 Å². The summed E-state index contributed by atoms with van der Waals surface area (Å²) in [5.41, 5.74) is -4.03. The minimum absolute atomic E-state index is 0.0309. The minimum atomic E-state index is -7.16. The fourth-order valence-corrected chi connectivity index (χ4v) is 8.84. The van der Waals surface area contributed by atoms with E-state index in [-0.39, 0.29) is 22.7 Å². The molecule has 0 radical (unpaired) electrons. The first-order chi connectivity index (χ1) is 21.7. The molecule has 1 aliphatic heterocycles. The molecule has 0 bridgehead atoms. The van der Waals surface area contributed by atoms with Crippen LogP contribution in [0.3, 0.4) is 0 Å². The molecule has 48 heavy (non-hydrogen) atoms. The van der Waals surface area contributed by atoms with Crippen molar-refractivity contribution in [3.05, 3.63) is 0 Å². The maximum Gasteiger partial charge on any atom is 0.439 e. The summed E-state index contributed by atoms with van der Waals surface area (Å²) in [6.45, 7) is 8.76.